The molecule has 0 aromatic rings. The maximum absolute atomic E-state index is 6.29. The number of hydrogen-bond acceptors (Lipinski definition) is 0. The first kappa shape index (κ1) is 8.72. The van der Waals surface area contributed by atoms with E-state index >= 15 is 0 Å². The van der Waals surface area contributed by atoms with Crippen LogP contribution in [-0.2, 0) is 0 Å². The van der Waals surface area contributed by atoms with Gasteiger partial charge in [0.15, 0.2) is 0 Å². The van der Waals surface area contributed by atoms with Crippen LogP contribution in [0.3, 0.4) is 0 Å². The van der Waals surface area contributed by atoms with E-state index in [0.717, 1.165) is 12.3 Å². The normalized spacial score (nSPS) is 17.4. The summed E-state index contributed by atoms with van der Waals surface area (Å²) >= 11 is 6.29. The molecule has 0 heterocycles. The molecular weight excluding hydrogens is 138 g/mol. The zero-order valence-corrected chi connectivity index (χ0v) is 7.89. The molecule has 0 amide bonds. The fourth-order valence-electron chi connectivity index (χ4n) is 0.224. The van der Waals surface area contributed by atoms with E-state index in [2.05, 4.69) is 27.2 Å². The molecule has 0 nitrogen and oxygen atoms in total. The predicted octanol–water partition coefficient (Wildman–Crippen LogP) is 2.99. The van der Waals surface area contributed by atoms with Gasteiger partial charge in [0.1, 0.15) is 0 Å². The monoisotopic (exact) mass is 154 g/mol. The van der Waals surface area contributed by atoms with Gasteiger partial charge in [-0.2, -0.15) is 0 Å². The van der Waals surface area contributed by atoms with E-state index < -0.39 is 5.96 Å². The molecule has 0 aliphatic carbocycles. The zero-order valence-electron chi connectivity index (χ0n) is 6.24. The van der Waals surface area contributed by atoms with Crippen LogP contribution in [0.5, 0.6) is 0 Å². The summed E-state index contributed by atoms with van der Waals surface area (Å²) in [6.07, 6.45) is 2.31. The molecule has 2 heteroatoms. The topological polar surface area (TPSA) is 0 Å². The summed E-state index contributed by atoms with van der Waals surface area (Å²) in [5, 5.41) is 0. The van der Waals surface area contributed by atoms with Crippen molar-refractivity contribution in [1.82, 2.24) is 0 Å². The quantitative estimate of drug-likeness (QED) is 0.537. The van der Waals surface area contributed by atoms with Crippen LogP contribution < -0.4 is 0 Å². The third kappa shape index (κ3) is 2.89. The van der Waals surface area contributed by atoms with Gasteiger partial charge in [-0.1, -0.05) is 0 Å². The van der Waals surface area contributed by atoms with Gasteiger partial charge in [-0.3, -0.25) is 0 Å². The molecule has 0 saturated carbocycles. The standard InChI is InChI=1S/C6H16ClP/c1-5-8(3,4,7)6-2/h5-6H2,1-4H3. The summed E-state index contributed by atoms with van der Waals surface area (Å²) in [5.41, 5.74) is 0. The third-order valence-electron chi connectivity index (χ3n) is 1.95. The molecule has 0 aliphatic heterocycles. The van der Waals surface area contributed by atoms with E-state index in [4.69, 9.17) is 11.2 Å². The van der Waals surface area contributed by atoms with E-state index in [0.29, 0.717) is 0 Å². The SMILES string of the molecule is CCP(C)(C)(Cl)CC. The molecule has 8 heavy (non-hydrogen) atoms. The van der Waals surface area contributed by atoms with Crippen molar-refractivity contribution in [1.29, 1.82) is 0 Å². The van der Waals surface area contributed by atoms with Crippen molar-refractivity contribution in [3.05, 3.63) is 0 Å². The van der Waals surface area contributed by atoms with E-state index in [1.165, 1.54) is 0 Å². The summed E-state index contributed by atoms with van der Waals surface area (Å²) in [6.45, 7) is 8.78. The van der Waals surface area contributed by atoms with Gasteiger partial charge in [-0.15, -0.1) is 0 Å². The van der Waals surface area contributed by atoms with Gasteiger partial charge in [-0.05, 0) is 0 Å². The van der Waals surface area contributed by atoms with Gasteiger partial charge in [0.2, 0.25) is 0 Å². The van der Waals surface area contributed by atoms with Gasteiger partial charge in [0, 0.05) is 0 Å². The molecular formula is C6H16ClP. The summed E-state index contributed by atoms with van der Waals surface area (Å²) in [6, 6.07) is 0. The second-order valence-corrected chi connectivity index (χ2v) is 12.9. The maximum atomic E-state index is 6.29. The molecule has 0 bridgehead atoms. The molecule has 0 N–H and O–H groups in total. The Morgan fingerprint density at radius 1 is 1.12 bits per heavy atom. The Balaban J connectivity index is 3.99. The van der Waals surface area contributed by atoms with Crippen molar-refractivity contribution in [2.45, 2.75) is 13.8 Å². The van der Waals surface area contributed by atoms with Crippen LogP contribution in [-0.4, -0.2) is 25.7 Å². The molecule has 0 radical (unpaired) electrons. The van der Waals surface area contributed by atoms with E-state index in [1.54, 1.807) is 0 Å². The first-order chi connectivity index (χ1) is 3.39. The molecule has 0 spiro atoms. The van der Waals surface area contributed by atoms with E-state index in [9.17, 15) is 0 Å². The Labute approximate surface area is 57.3 Å². The van der Waals surface area contributed by atoms with Crippen molar-refractivity contribution in [2.75, 3.05) is 25.7 Å². The van der Waals surface area contributed by atoms with Gasteiger partial charge in [0.05, 0.1) is 0 Å². The Morgan fingerprint density at radius 3 is 1.38 bits per heavy atom. The van der Waals surface area contributed by atoms with Crippen molar-refractivity contribution in [3.8, 4) is 0 Å². The van der Waals surface area contributed by atoms with Crippen molar-refractivity contribution in [3.63, 3.8) is 0 Å². The molecule has 0 aromatic heterocycles. The average Bonchev–Trinajstić information content (AvgIpc) is 1.68. The van der Waals surface area contributed by atoms with E-state index in [-0.39, 0.29) is 0 Å². The van der Waals surface area contributed by atoms with Crippen LogP contribution in [0, 0.1) is 0 Å². The molecule has 0 atom stereocenters. The molecule has 0 aromatic carbocycles. The fourth-order valence-corrected chi connectivity index (χ4v) is 0.671. The van der Waals surface area contributed by atoms with Crippen LogP contribution in [0.1, 0.15) is 13.8 Å². The molecule has 0 fully saturated rings. The Kier molecular flexibility index (Phi) is 2.35. The van der Waals surface area contributed by atoms with Crippen molar-refractivity contribution < 1.29 is 0 Å². The Hall–Kier alpha value is 0.720. The predicted molar refractivity (Wildman–Crippen MR) is 45.7 cm³/mol. The first-order valence-corrected chi connectivity index (χ1v) is 7.52. The molecule has 0 aliphatic rings. The average molecular weight is 155 g/mol. The van der Waals surface area contributed by atoms with Crippen molar-refractivity contribution in [2.24, 2.45) is 0 Å². The van der Waals surface area contributed by atoms with Crippen LogP contribution in [0.2, 0.25) is 0 Å². The van der Waals surface area contributed by atoms with Gasteiger partial charge in [0.25, 0.3) is 0 Å². The summed E-state index contributed by atoms with van der Waals surface area (Å²) in [4.78, 5) is 0. The van der Waals surface area contributed by atoms with Gasteiger partial charge < -0.3 is 0 Å². The van der Waals surface area contributed by atoms with E-state index in [1.807, 2.05) is 0 Å². The van der Waals surface area contributed by atoms with Gasteiger partial charge >= 0.3 is 56.7 Å². The van der Waals surface area contributed by atoms with Gasteiger partial charge in [-0.25, -0.2) is 0 Å². The summed E-state index contributed by atoms with van der Waals surface area (Å²) < 4.78 is 0. The molecule has 0 unspecified atom stereocenters. The Morgan fingerprint density at radius 2 is 1.38 bits per heavy atom. The number of halogens is 1. The van der Waals surface area contributed by atoms with Crippen LogP contribution in [0.15, 0.2) is 0 Å². The Bertz CT molecular complexity index is 72.3. The van der Waals surface area contributed by atoms with Crippen LogP contribution in [0.4, 0.5) is 0 Å². The second kappa shape index (κ2) is 2.15. The third-order valence-corrected chi connectivity index (χ3v) is 7.29. The summed E-state index contributed by atoms with van der Waals surface area (Å²) in [5.74, 6) is -1.63. The summed E-state index contributed by atoms with van der Waals surface area (Å²) in [7, 11) is 0. The second-order valence-electron chi connectivity index (χ2n) is 3.15. The zero-order chi connectivity index (χ0) is 6.86. The molecule has 52 valence electrons. The van der Waals surface area contributed by atoms with Crippen LogP contribution in [0.25, 0.3) is 0 Å². The minimum atomic E-state index is -1.63. The minimum absolute atomic E-state index is 1.16. The molecule has 0 rings (SSSR count). The molecule has 0 saturated heterocycles. The van der Waals surface area contributed by atoms with Crippen LogP contribution >= 0.6 is 17.2 Å². The number of hydrogen-bond donors (Lipinski definition) is 0. The fraction of sp³-hybridized carbons (Fsp3) is 1.00. The van der Waals surface area contributed by atoms with Crippen molar-refractivity contribution >= 4 is 17.2 Å². The first-order valence-electron chi connectivity index (χ1n) is 3.11. The number of rotatable bonds is 2.